The average molecular weight is 296 g/mol. The maximum atomic E-state index is 11.9. The van der Waals surface area contributed by atoms with Crippen LogP contribution in [0, 0.1) is 4.84 Å². The molecule has 1 amide bonds. The number of amides is 1. The predicted octanol–water partition coefficient (Wildman–Crippen LogP) is 1.88. The van der Waals surface area contributed by atoms with E-state index in [1.54, 1.807) is 25.3 Å². The molecule has 0 bridgehead atoms. The van der Waals surface area contributed by atoms with Crippen molar-refractivity contribution in [2.75, 3.05) is 33.5 Å². The summed E-state index contributed by atoms with van der Waals surface area (Å²) in [6, 6.07) is 5.11. The Kier molecular flexibility index (Phi) is 5.28. The number of ether oxygens (including phenoxy) is 2. The zero-order valence-electron chi connectivity index (χ0n) is 11.1. The lowest BCUT2D eigenvalue weighted by Gasteiger charge is -2.06. The van der Waals surface area contributed by atoms with Gasteiger partial charge in [-0.1, -0.05) is 0 Å². The highest BCUT2D eigenvalue weighted by Crippen LogP contribution is 2.15. The summed E-state index contributed by atoms with van der Waals surface area (Å²) in [5.41, 5.74) is 1.88. The van der Waals surface area contributed by atoms with Gasteiger partial charge in [0.15, 0.2) is 5.58 Å². The molecule has 0 aliphatic rings. The van der Waals surface area contributed by atoms with Crippen LogP contribution in [0.2, 0.25) is 0 Å². The minimum Gasteiger partial charge on any atom is -0.429 e. The molecule has 1 aromatic carbocycles. The van der Waals surface area contributed by atoms with Gasteiger partial charge in [-0.05, 0) is 30.4 Å². The van der Waals surface area contributed by atoms with Gasteiger partial charge in [0.1, 0.15) is 0 Å². The first kappa shape index (κ1) is 14.7. The minimum absolute atomic E-state index is 0.164. The molecule has 0 atom stereocenters. The molecule has 0 saturated carbocycles. The second kappa shape index (κ2) is 7.18. The van der Waals surface area contributed by atoms with E-state index in [4.69, 9.17) is 26.1 Å². The maximum Gasteiger partial charge on any atom is 0.266 e. The summed E-state index contributed by atoms with van der Waals surface area (Å²) in [6.07, 6.45) is 0. The van der Waals surface area contributed by atoms with Crippen molar-refractivity contribution in [3.63, 3.8) is 0 Å². The topological polar surface area (TPSA) is 76.5 Å². The van der Waals surface area contributed by atoms with E-state index in [0.29, 0.717) is 47.9 Å². The summed E-state index contributed by atoms with van der Waals surface area (Å²) in [5.74, 6) is -0.164. The van der Waals surface area contributed by atoms with E-state index < -0.39 is 0 Å². The lowest BCUT2D eigenvalue weighted by atomic mass is 10.2. The van der Waals surface area contributed by atoms with Crippen LogP contribution in [0.4, 0.5) is 0 Å². The third kappa shape index (κ3) is 3.89. The van der Waals surface area contributed by atoms with Crippen LogP contribution in [0.1, 0.15) is 10.4 Å². The SMILES string of the molecule is COCCOCCNC(=O)c1ccc2oc(=S)[nH]c2c1. The highest BCUT2D eigenvalue weighted by atomic mass is 32.1. The fraction of sp³-hybridized carbons (Fsp3) is 0.385. The Morgan fingerprint density at radius 1 is 1.40 bits per heavy atom. The molecule has 0 radical (unpaired) electrons. The maximum absolute atomic E-state index is 11.9. The number of aromatic amines is 1. The third-order valence-corrected chi connectivity index (χ3v) is 2.83. The Balaban J connectivity index is 1.86. The first-order chi connectivity index (χ1) is 9.70. The molecule has 1 heterocycles. The molecule has 108 valence electrons. The number of carbonyl (C=O) groups excluding carboxylic acids is 1. The van der Waals surface area contributed by atoms with Crippen LogP contribution in [-0.4, -0.2) is 44.4 Å². The van der Waals surface area contributed by atoms with Crippen molar-refractivity contribution >= 4 is 29.2 Å². The monoisotopic (exact) mass is 296 g/mol. The zero-order valence-corrected chi connectivity index (χ0v) is 11.9. The molecule has 2 N–H and O–H groups in total. The summed E-state index contributed by atoms with van der Waals surface area (Å²) in [4.78, 5) is 15.1. The molecule has 20 heavy (non-hydrogen) atoms. The number of hydrogen-bond donors (Lipinski definition) is 2. The van der Waals surface area contributed by atoms with Crippen LogP contribution in [0.3, 0.4) is 0 Å². The summed E-state index contributed by atoms with van der Waals surface area (Å²) < 4.78 is 15.3. The van der Waals surface area contributed by atoms with Gasteiger partial charge >= 0.3 is 0 Å². The van der Waals surface area contributed by atoms with Crippen LogP contribution in [0.15, 0.2) is 22.6 Å². The second-order valence-electron chi connectivity index (χ2n) is 4.09. The molecular weight excluding hydrogens is 280 g/mol. The highest BCUT2D eigenvalue weighted by molar-refractivity contribution is 7.71. The molecule has 0 fully saturated rings. The van der Waals surface area contributed by atoms with Gasteiger partial charge in [-0.25, -0.2) is 0 Å². The normalized spacial score (nSPS) is 10.8. The van der Waals surface area contributed by atoms with Crippen molar-refractivity contribution in [2.24, 2.45) is 0 Å². The van der Waals surface area contributed by atoms with E-state index in [2.05, 4.69) is 10.3 Å². The molecule has 0 aliphatic heterocycles. The van der Waals surface area contributed by atoms with Gasteiger partial charge in [0.2, 0.25) is 0 Å². The first-order valence-electron chi connectivity index (χ1n) is 6.18. The van der Waals surface area contributed by atoms with E-state index in [0.717, 1.165) is 0 Å². The van der Waals surface area contributed by atoms with Gasteiger partial charge in [-0.2, -0.15) is 0 Å². The number of aromatic nitrogens is 1. The number of benzene rings is 1. The number of fused-ring (bicyclic) bond motifs is 1. The van der Waals surface area contributed by atoms with E-state index in [1.807, 2.05) is 0 Å². The molecule has 0 unspecified atom stereocenters. The lowest BCUT2D eigenvalue weighted by molar-refractivity contribution is 0.0693. The smallest absolute Gasteiger partial charge is 0.266 e. The summed E-state index contributed by atoms with van der Waals surface area (Å²) in [6.45, 7) is 1.96. The van der Waals surface area contributed by atoms with E-state index in [9.17, 15) is 4.79 Å². The predicted molar refractivity (Wildman–Crippen MR) is 76.4 cm³/mol. The molecule has 2 aromatic rings. The first-order valence-corrected chi connectivity index (χ1v) is 6.59. The largest absolute Gasteiger partial charge is 0.429 e. The Labute approximate surface area is 121 Å². The Morgan fingerprint density at radius 2 is 2.25 bits per heavy atom. The second-order valence-corrected chi connectivity index (χ2v) is 4.46. The quantitative estimate of drug-likeness (QED) is 0.602. The molecule has 0 aliphatic carbocycles. The summed E-state index contributed by atoms with van der Waals surface area (Å²) >= 11 is 4.89. The number of H-pyrrole nitrogens is 1. The molecule has 1 aromatic heterocycles. The number of carbonyl (C=O) groups is 1. The van der Waals surface area contributed by atoms with Gasteiger partial charge in [0, 0.05) is 19.2 Å². The Morgan fingerprint density at radius 3 is 3.05 bits per heavy atom. The Bertz CT molecular complexity index is 635. The lowest BCUT2D eigenvalue weighted by Crippen LogP contribution is -2.27. The number of hydrogen-bond acceptors (Lipinski definition) is 5. The summed E-state index contributed by atoms with van der Waals surface area (Å²) in [7, 11) is 1.61. The Hall–Kier alpha value is -1.70. The number of nitrogens with one attached hydrogen (secondary N) is 2. The van der Waals surface area contributed by atoms with Crippen molar-refractivity contribution < 1.29 is 18.7 Å². The third-order valence-electron chi connectivity index (χ3n) is 2.64. The fourth-order valence-corrected chi connectivity index (χ4v) is 1.88. The van der Waals surface area contributed by atoms with Crippen molar-refractivity contribution in [3.05, 3.63) is 28.6 Å². The fourth-order valence-electron chi connectivity index (χ4n) is 1.68. The number of rotatable bonds is 7. The van der Waals surface area contributed by atoms with Crippen LogP contribution >= 0.6 is 12.2 Å². The van der Waals surface area contributed by atoms with Crippen molar-refractivity contribution in [1.82, 2.24) is 10.3 Å². The van der Waals surface area contributed by atoms with Crippen LogP contribution < -0.4 is 5.32 Å². The molecule has 2 rings (SSSR count). The van der Waals surface area contributed by atoms with Crippen LogP contribution in [-0.2, 0) is 9.47 Å². The molecule has 6 nitrogen and oxygen atoms in total. The molecule has 0 saturated heterocycles. The molecular formula is C13H16N2O4S. The number of oxazole rings is 1. The van der Waals surface area contributed by atoms with Gasteiger partial charge in [0.05, 0.1) is 25.3 Å². The van der Waals surface area contributed by atoms with Crippen molar-refractivity contribution in [2.45, 2.75) is 0 Å². The van der Waals surface area contributed by atoms with Crippen molar-refractivity contribution in [1.29, 1.82) is 0 Å². The van der Waals surface area contributed by atoms with Gasteiger partial charge in [-0.3, -0.25) is 4.79 Å². The minimum atomic E-state index is -0.164. The van der Waals surface area contributed by atoms with E-state index >= 15 is 0 Å². The van der Waals surface area contributed by atoms with E-state index in [-0.39, 0.29) is 5.91 Å². The van der Waals surface area contributed by atoms with Gasteiger partial charge in [0.25, 0.3) is 10.7 Å². The number of methoxy groups -OCH3 is 1. The van der Waals surface area contributed by atoms with Crippen molar-refractivity contribution in [3.8, 4) is 0 Å². The van der Waals surface area contributed by atoms with Gasteiger partial charge < -0.3 is 24.2 Å². The molecule has 7 heteroatoms. The van der Waals surface area contributed by atoms with Crippen LogP contribution in [0.5, 0.6) is 0 Å². The average Bonchev–Trinajstić information content (AvgIpc) is 2.81. The highest BCUT2D eigenvalue weighted by Gasteiger charge is 2.07. The van der Waals surface area contributed by atoms with E-state index in [1.165, 1.54) is 0 Å². The zero-order chi connectivity index (χ0) is 14.4. The van der Waals surface area contributed by atoms with Gasteiger partial charge in [-0.15, -0.1) is 0 Å². The molecule has 0 spiro atoms. The standard InChI is InChI=1S/C13H16N2O4S/c1-17-6-7-18-5-4-14-12(16)9-2-3-11-10(8-9)15-13(20)19-11/h2-3,8H,4-7H2,1H3,(H,14,16)(H,15,20). The summed E-state index contributed by atoms with van der Waals surface area (Å²) in [5, 5.41) is 2.77. The van der Waals surface area contributed by atoms with Crippen LogP contribution in [0.25, 0.3) is 11.1 Å².